The summed E-state index contributed by atoms with van der Waals surface area (Å²) in [7, 11) is 0. The average Bonchev–Trinajstić information content (AvgIpc) is 3.43. The quantitative estimate of drug-likeness (QED) is 0.634. The van der Waals surface area contributed by atoms with Crippen molar-refractivity contribution >= 4 is 17.4 Å². The van der Waals surface area contributed by atoms with Gasteiger partial charge in [0.25, 0.3) is 5.91 Å². The van der Waals surface area contributed by atoms with Crippen LogP contribution < -0.4 is 5.32 Å². The average molecular weight is 388 g/mol. The first-order chi connectivity index (χ1) is 13.9. The number of hydrogen-bond acceptors (Lipinski definition) is 4. The maximum atomic E-state index is 12.9. The number of aromatic nitrogens is 3. The Hall–Kier alpha value is -3.28. The second-order valence-electron chi connectivity index (χ2n) is 7.75. The van der Waals surface area contributed by atoms with E-state index >= 15 is 0 Å². The molecule has 1 N–H and O–H groups in total. The largest absolute Gasteiger partial charge is 0.322 e. The molecule has 1 aliphatic carbocycles. The van der Waals surface area contributed by atoms with E-state index in [0.29, 0.717) is 40.7 Å². The van der Waals surface area contributed by atoms with E-state index in [1.54, 1.807) is 23.1 Å². The molecule has 3 aromatic rings. The predicted molar refractivity (Wildman–Crippen MR) is 112 cm³/mol. The van der Waals surface area contributed by atoms with Gasteiger partial charge in [0.2, 0.25) is 0 Å². The number of nitrogens with one attached hydrogen (secondary N) is 1. The molecule has 0 unspecified atom stereocenters. The number of carbonyl (C=O) groups is 2. The molecule has 1 amide bonds. The Morgan fingerprint density at radius 3 is 2.66 bits per heavy atom. The highest BCUT2D eigenvalue weighted by Crippen LogP contribution is 2.34. The Balaban J connectivity index is 1.57. The van der Waals surface area contributed by atoms with Crippen molar-refractivity contribution in [3.05, 3.63) is 70.7 Å². The van der Waals surface area contributed by atoms with Crippen LogP contribution in [0.3, 0.4) is 0 Å². The summed E-state index contributed by atoms with van der Waals surface area (Å²) in [5.74, 6) is 1.12. The summed E-state index contributed by atoms with van der Waals surface area (Å²) in [5, 5.41) is 7.30. The molecule has 4 rings (SSSR count). The topological polar surface area (TPSA) is 76.9 Å². The molecule has 29 heavy (non-hydrogen) atoms. The van der Waals surface area contributed by atoms with Crippen molar-refractivity contribution in [1.29, 1.82) is 0 Å². The molecule has 6 nitrogen and oxygen atoms in total. The van der Waals surface area contributed by atoms with E-state index in [1.165, 1.54) is 0 Å². The number of nitrogens with zero attached hydrogens (tertiary/aromatic N) is 3. The molecule has 0 bridgehead atoms. The lowest BCUT2D eigenvalue weighted by atomic mass is 10.0. The van der Waals surface area contributed by atoms with Crippen LogP contribution in [0, 0.1) is 26.7 Å². The number of Topliss-reactive ketones (excluding diaryl/α,β-unsaturated/α-hetero) is 1. The lowest BCUT2D eigenvalue weighted by Crippen LogP contribution is -2.15. The lowest BCUT2D eigenvalue weighted by molar-refractivity contribution is 0.0974. The van der Waals surface area contributed by atoms with E-state index in [2.05, 4.69) is 15.4 Å². The number of amides is 1. The van der Waals surface area contributed by atoms with Crippen LogP contribution in [-0.2, 0) is 0 Å². The highest BCUT2D eigenvalue weighted by molar-refractivity contribution is 6.06. The minimum atomic E-state index is -0.253. The fourth-order valence-electron chi connectivity index (χ4n) is 3.37. The Morgan fingerprint density at radius 1 is 1.14 bits per heavy atom. The zero-order valence-corrected chi connectivity index (χ0v) is 16.9. The molecule has 1 aliphatic rings. The first-order valence-corrected chi connectivity index (χ1v) is 9.86. The second kappa shape index (κ2) is 7.62. The van der Waals surface area contributed by atoms with Gasteiger partial charge < -0.3 is 5.32 Å². The number of anilines is 1. The maximum Gasteiger partial charge on any atom is 0.259 e. The summed E-state index contributed by atoms with van der Waals surface area (Å²) < 4.78 is 1.67. The third-order valence-corrected chi connectivity index (χ3v) is 5.42. The van der Waals surface area contributed by atoms with Crippen LogP contribution in [0.25, 0.3) is 5.82 Å². The van der Waals surface area contributed by atoms with E-state index in [1.807, 2.05) is 45.0 Å². The van der Waals surface area contributed by atoms with Gasteiger partial charge in [-0.05, 0) is 62.8 Å². The van der Waals surface area contributed by atoms with Crippen LogP contribution >= 0.6 is 0 Å². The molecule has 6 heteroatoms. The van der Waals surface area contributed by atoms with Gasteiger partial charge in [0.05, 0.1) is 17.5 Å². The molecular weight excluding hydrogens is 364 g/mol. The normalized spacial score (nSPS) is 13.3. The Labute approximate surface area is 170 Å². The summed E-state index contributed by atoms with van der Waals surface area (Å²) in [4.78, 5) is 29.7. The molecule has 1 saturated carbocycles. The standard InChI is InChI=1S/C23H24N4O2/c1-14-6-9-18(21(28)11-17-7-8-17)12-20(14)26-23(29)19-13-25-27(16(19)3)22-15(2)5-4-10-24-22/h4-6,9-10,12-13,17H,7-8,11H2,1-3H3,(H,26,29). The number of pyridine rings is 1. The lowest BCUT2D eigenvalue weighted by Gasteiger charge is -2.11. The molecule has 2 aromatic heterocycles. The predicted octanol–water partition coefficient (Wildman–Crippen LogP) is 4.43. The Bertz CT molecular complexity index is 1100. The zero-order valence-electron chi connectivity index (χ0n) is 16.9. The zero-order chi connectivity index (χ0) is 20.5. The van der Waals surface area contributed by atoms with E-state index in [9.17, 15) is 9.59 Å². The summed E-state index contributed by atoms with van der Waals surface area (Å²) in [6, 6.07) is 9.31. The fraction of sp³-hybridized carbons (Fsp3) is 0.304. The number of ketones is 1. The second-order valence-corrected chi connectivity index (χ2v) is 7.75. The van der Waals surface area contributed by atoms with Gasteiger partial charge in [-0.15, -0.1) is 0 Å². The Morgan fingerprint density at radius 2 is 1.93 bits per heavy atom. The molecular formula is C23H24N4O2. The molecule has 0 atom stereocenters. The van der Waals surface area contributed by atoms with Crippen molar-refractivity contribution in [1.82, 2.24) is 14.8 Å². The van der Waals surface area contributed by atoms with Gasteiger partial charge in [0.15, 0.2) is 11.6 Å². The van der Waals surface area contributed by atoms with Crippen LogP contribution in [-0.4, -0.2) is 26.5 Å². The minimum Gasteiger partial charge on any atom is -0.322 e. The molecule has 148 valence electrons. The third kappa shape index (κ3) is 3.97. The Kier molecular flexibility index (Phi) is 5.01. The summed E-state index contributed by atoms with van der Waals surface area (Å²) >= 11 is 0. The maximum absolute atomic E-state index is 12.9. The third-order valence-electron chi connectivity index (χ3n) is 5.42. The molecule has 1 fully saturated rings. The van der Waals surface area contributed by atoms with Gasteiger partial charge in [0.1, 0.15) is 0 Å². The van der Waals surface area contributed by atoms with Crippen molar-refractivity contribution in [2.45, 2.75) is 40.0 Å². The monoisotopic (exact) mass is 388 g/mol. The van der Waals surface area contributed by atoms with Gasteiger partial charge in [-0.2, -0.15) is 5.10 Å². The molecule has 1 aromatic carbocycles. The van der Waals surface area contributed by atoms with Crippen molar-refractivity contribution < 1.29 is 9.59 Å². The van der Waals surface area contributed by atoms with Crippen LogP contribution in [0.15, 0.2) is 42.7 Å². The molecule has 2 heterocycles. The van der Waals surface area contributed by atoms with Gasteiger partial charge in [-0.1, -0.05) is 18.2 Å². The molecule has 0 aliphatic heterocycles. The van der Waals surface area contributed by atoms with Crippen molar-refractivity contribution in [3.63, 3.8) is 0 Å². The highest BCUT2D eigenvalue weighted by Gasteiger charge is 2.25. The minimum absolute atomic E-state index is 0.137. The smallest absolute Gasteiger partial charge is 0.259 e. The first-order valence-electron chi connectivity index (χ1n) is 9.86. The van der Waals surface area contributed by atoms with Crippen LogP contribution in [0.1, 0.15) is 56.8 Å². The number of hydrogen-bond donors (Lipinski definition) is 1. The first kappa shape index (κ1) is 19.1. The fourth-order valence-corrected chi connectivity index (χ4v) is 3.37. The highest BCUT2D eigenvalue weighted by atomic mass is 16.1. The summed E-state index contributed by atoms with van der Waals surface area (Å²) in [5.41, 5.74) is 4.37. The van der Waals surface area contributed by atoms with Crippen LogP contribution in [0.2, 0.25) is 0 Å². The molecule has 0 saturated heterocycles. The van der Waals surface area contributed by atoms with E-state index < -0.39 is 0 Å². The number of rotatable bonds is 6. The summed E-state index contributed by atoms with van der Waals surface area (Å²) in [6.45, 7) is 5.72. The van der Waals surface area contributed by atoms with Crippen LogP contribution in [0.5, 0.6) is 0 Å². The molecule has 0 spiro atoms. The van der Waals surface area contributed by atoms with Crippen molar-refractivity contribution in [2.24, 2.45) is 5.92 Å². The van der Waals surface area contributed by atoms with Gasteiger partial charge >= 0.3 is 0 Å². The number of benzene rings is 1. The molecule has 0 radical (unpaired) electrons. The summed E-state index contributed by atoms with van der Waals surface area (Å²) in [6.07, 6.45) is 6.12. The SMILES string of the molecule is Cc1ccc(C(=O)CC2CC2)cc1NC(=O)c1cnn(-c2ncccc2C)c1C. The number of aryl methyl sites for hydroxylation is 2. The van der Waals surface area contributed by atoms with E-state index in [-0.39, 0.29) is 11.7 Å². The van der Waals surface area contributed by atoms with Crippen molar-refractivity contribution in [2.75, 3.05) is 5.32 Å². The number of carbonyl (C=O) groups excluding carboxylic acids is 2. The van der Waals surface area contributed by atoms with E-state index in [4.69, 9.17) is 0 Å². The van der Waals surface area contributed by atoms with Crippen molar-refractivity contribution in [3.8, 4) is 5.82 Å². The van der Waals surface area contributed by atoms with Gasteiger partial charge in [-0.25, -0.2) is 9.67 Å². The van der Waals surface area contributed by atoms with E-state index in [0.717, 1.165) is 24.0 Å². The van der Waals surface area contributed by atoms with Crippen LogP contribution in [0.4, 0.5) is 5.69 Å². The van der Waals surface area contributed by atoms with Gasteiger partial charge in [0, 0.05) is 23.9 Å². The van der Waals surface area contributed by atoms with Gasteiger partial charge in [-0.3, -0.25) is 9.59 Å².